The number of nitrogens with zero attached hydrogens (tertiary/aromatic N) is 1. The maximum Gasteiger partial charge on any atom is 0.232 e. The van der Waals surface area contributed by atoms with Crippen LogP contribution in [0.5, 0.6) is 0 Å². The van der Waals surface area contributed by atoms with E-state index in [1.165, 1.54) is 24.5 Å². The fourth-order valence-corrected chi connectivity index (χ4v) is 2.11. The van der Waals surface area contributed by atoms with Crippen LogP contribution in [0.15, 0.2) is 57.6 Å². The van der Waals surface area contributed by atoms with Crippen molar-refractivity contribution in [3.05, 3.63) is 64.8 Å². The maximum atomic E-state index is 13.7. The van der Waals surface area contributed by atoms with E-state index in [9.17, 15) is 8.78 Å². The number of oxazole rings is 1. The molecular formula is C15H8BrF2NO. The second kappa shape index (κ2) is 5.17. The molecule has 5 heteroatoms. The van der Waals surface area contributed by atoms with Gasteiger partial charge < -0.3 is 4.42 Å². The minimum Gasteiger partial charge on any atom is -0.444 e. The van der Waals surface area contributed by atoms with E-state index in [0.717, 1.165) is 10.0 Å². The zero-order chi connectivity index (χ0) is 14.1. The largest absolute Gasteiger partial charge is 0.444 e. The molecule has 0 saturated heterocycles. The molecule has 0 aliphatic heterocycles. The van der Waals surface area contributed by atoms with Crippen LogP contribution in [0.3, 0.4) is 0 Å². The van der Waals surface area contributed by atoms with Gasteiger partial charge in [-0.15, -0.1) is 0 Å². The van der Waals surface area contributed by atoms with Gasteiger partial charge in [0.25, 0.3) is 0 Å². The van der Waals surface area contributed by atoms with Crippen LogP contribution in [0.25, 0.3) is 22.7 Å². The van der Waals surface area contributed by atoms with E-state index >= 15 is 0 Å². The zero-order valence-electron chi connectivity index (χ0n) is 10.1. The summed E-state index contributed by atoms with van der Waals surface area (Å²) in [4.78, 5) is 4.14. The molecule has 0 aliphatic carbocycles. The molecular weight excluding hydrogens is 328 g/mol. The standard InChI is InChI=1S/C15H8BrF2NO/c16-10-6-4-9(5-7-10)13-8-20-15(19-13)14-11(17)2-1-3-12(14)18/h1-8H. The second-order valence-corrected chi connectivity index (χ2v) is 5.06. The highest BCUT2D eigenvalue weighted by atomic mass is 79.9. The number of rotatable bonds is 2. The highest BCUT2D eigenvalue weighted by molar-refractivity contribution is 9.10. The molecule has 1 aromatic heterocycles. The number of aromatic nitrogens is 1. The van der Waals surface area contributed by atoms with Crippen LogP contribution in [0.2, 0.25) is 0 Å². The number of hydrogen-bond acceptors (Lipinski definition) is 2. The molecule has 0 fully saturated rings. The Bertz CT molecular complexity index is 733. The highest BCUT2D eigenvalue weighted by Crippen LogP contribution is 2.28. The summed E-state index contributed by atoms with van der Waals surface area (Å²) in [6, 6.07) is 11.0. The van der Waals surface area contributed by atoms with Crippen molar-refractivity contribution in [2.24, 2.45) is 0 Å². The first kappa shape index (κ1) is 13.0. The average Bonchev–Trinajstić information content (AvgIpc) is 2.89. The average molecular weight is 336 g/mol. The molecule has 0 saturated carbocycles. The summed E-state index contributed by atoms with van der Waals surface area (Å²) < 4.78 is 33.4. The molecule has 1 heterocycles. The Morgan fingerprint density at radius 3 is 2.25 bits per heavy atom. The monoisotopic (exact) mass is 335 g/mol. The predicted molar refractivity (Wildman–Crippen MR) is 75.0 cm³/mol. The fraction of sp³-hybridized carbons (Fsp3) is 0. The molecule has 0 N–H and O–H groups in total. The Hall–Kier alpha value is -2.01. The van der Waals surface area contributed by atoms with Crippen molar-refractivity contribution >= 4 is 15.9 Å². The van der Waals surface area contributed by atoms with Gasteiger partial charge in [0.2, 0.25) is 5.89 Å². The van der Waals surface area contributed by atoms with Gasteiger partial charge in [-0.3, -0.25) is 0 Å². The smallest absolute Gasteiger partial charge is 0.232 e. The first-order chi connectivity index (χ1) is 9.65. The van der Waals surface area contributed by atoms with Crippen LogP contribution in [0.1, 0.15) is 0 Å². The molecule has 3 aromatic rings. The molecule has 2 aromatic carbocycles. The lowest BCUT2D eigenvalue weighted by molar-refractivity contribution is 0.542. The maximum absolute atomic E-state index is 13.7. The summed E-state index contributed by atoms with van der Waals surface area (Å²) >= 11 is 3.34. The molecule has 100 valence electrons. The summed E-state index contributed by atoms with van der Waals surface area (Å²) in [6.07, 6.45) is 1.38. The molecule has 0 aliphatic rings. The summed E-state index contributed by atoms with van der Waals surface area (Å²) in [7, 11) is 0. The van der Waals surface area contributed by atoms with Crippen molar-refractivity contribution in [3.8, 4) is 22.7 Å². The van der Waals surface area contributed by atoms with Crippen molar-refractivity contribution < 1.29 is 13.2 Å². The normalized spacial score (nSPS) is 10.8. The van der Waals surface area contributed by atoms with Crippen molar-refractivity contribution in [3.63, 3.8) is 0 Å². The Labute approximate surface area is 122 Å². The zero-order valence-corrected chi connectivity index (χ0v) is 11.7. The van der Waals surface area contributed by atoms with E-state index in [2.05, 4.69) is 20.9 Å². The van der Waals surface area contributed by atoms with Gasteiger partial charge in [-0.05, 0) is 24.3 Å². The minimum atomic E-state index is -0.700. The lowest BCUT2D eigenvalue weighted by Crippen LogP contribution is -1.89. The van der Waals surface area contributed by atoms with Crippen LogP contribution in [0, 0.1) is 11.6 Å². The Morgan fingerprint density at radius 2 is 1.60 bits per heavy atom. The fourth-order valence-electron chi connectivity index (χ4n) is 1.84. The first-order valence-electron chi connectivity index (χ1n) is 5.81. The number of halogens is 3. The van der Waals surface area contributed by atoms with Crippen LogP contribution >= 0.6 is 15.9 Å². The van der Waals surface area contributed by atoms with Crippen LogP contribution in [-0.4, -0.2) is 4.98 Å². The third-order valence-electron chi connectivity index (χ3n) is 2.82. The topological polar surface area (TPSA) is 26.0 Å². The van der Waals surface area contributed by atoms with Gasteiger partial charge in [-0.25, -0.2) is 13.8 Å². The van der Waals surface area contributed by atoms with Crippen LogP contribution in [0.4, 0.5) is 8.78 Å². The Balaban J connectivity index is 2.04. The second-order valence-electron chi connectivity index (χ2n) is 4.14. The summed E-state index contributed by atoms with van der Waals surface area (Å²) in [5, 5.41) is 0. The SMILES string of the molecule is Fc1cccc(F)c1-c1nc(-c2ccc(Br)cc2)co1. The lowest BCUT2D eigenvalue weighted by atomic mass is 10.2. The molecule has 3 rings (SSSR count). The van der Waals surface area contributed by atoms with Gasteiger partial charge in [0, 0.05) is 10.0 Å². The summed E-state index contributed by atoms with van der Waals surface area (Å²) in [6.45, 7) is 0. The third-order valence-corrected chi connectivity index (χ3v) is 3.35. The quantitative estimate of drug-likeness (QED) is 0.655. The van der Waals surface area contributed by atoms with Crippen molar-refractivity contribution in [2.75, 3.05) is 0 Å². The summed E-state index contributed by atoms with van der Waals surface area (Å²) in [5.41, 5.74) is 1.07. The van der Waals surface area contributed by atoms with E-state index < -0.39 is 11.6 Å². The van der Waals surface area contributed by atoms with Gasteiger partial charge in [-0.1, -0.05) is 34.1 Å². The van der Waals surface area contributed by atoms with Gasteiger partial charge in [-0.2, -0.15) is 0 Å². The first-order valence-corrected chi connectivity index (χ1v) is 6.60. The molecule has 20 heavy (non-hydrogen) atoms. The van der Waals surface area contributed by atoms with E-state index in [4.69, 9.17) is 4.42 Å². The Morgan fingerprint density at radius 1 is 0.950 bits per heavy atom. The molecule has 0 atom stereocenters. The molecule has 0 spiro atoms. The van der Waals surface area contributed by atoms with Gasteiger partial charge >= 0.3 is 0 Å². The molecule has 0 bridgehead atoms. The van der Waals surface area contributed by atoms with Gasteiger partial charge in [0.15, 0.2) is 0 Å². The molecule has 2 nitrogen and oxygen atoms in total. The number of benzene rings is 2. The summed E-state index contributed by atoms with van der Waals surface area (Å²) in [5.74, 6) is -1.47. The van der Waals surface area contributed by atoms with Crippen molar-refractivity contribution in [2.45, 2.75) is 0 Å². The lowest BCUT2D eigenvalue weighted by Gasteiger charge is -1.99. The van der Waals surface area contributed by atoms with Crippen LogP contribution < -0.4 is 0 Å². The van der Waals surface area contributed by atoms with Crippen molar-refractivity contribution in [1.82, 2.24) is 4.98 Å². The number of hydrogen-bond donors (Lipinski definition) is 0. The van der Waals surface area contributed by atoms with E-state index in [-0.39, 0.29) is 11.5 Å². The molecule has 0 unspecified atom stereocenters. The van der Waals surface area contributed by atoms with E-state index in [1.807, 2.05) is 24.3 Å². The van der Waals surface area contributed by atoms with E-state index in [0.29, 0.717) is 5.69 Å². The Kier molecular flexibility index (Phi) is 3.36. The third kappa shape index (κ3) is 2.36. The highest BCUT2D eigenvalue weighted by Gasteiger charge is 2.16. The van der Waals surface area contributed by atoms with Gasteiger partial charge in [0.05, 0.1) is 0 Å². The van der Waals surface area contributed by atoms with Gasteiger partial charge in [0.1, 0.15) is 29.2 Å². The van der Waals surface area contributed by atoms with Crippen LogP contribution in [-0.2, 0) is 0 Å². The van der Waals surface area contributed by atoms with Crippen molar-refractivity contribution in [1.29, 1.82) is 0 Å². The predicted octanol–water partition coefficient (Wildman–Crippen LogP) is 5.05. The molecule has 0 amide bonds. The molecule has 0 radical (unpaired) electrons. The minimum absolute atomic E-state index is 0.0708. The van der Waals surface area contributed by atoms with E-state index in [1.54, 1.807) is 0 Å².